The van der Waals surface area contributed by atoms with Crippen molar-refractivity contribution in [1.82, 2.24) is 24.4 Å². The molecule has 134 valence electrons. The number of morpholine rings is 1. The van der Waals surface area contributed by atoms with Crippen molar-refractivity contribution >= 4 is 5.91 Å². The van der Waals surface area contributed by atoms with Crippen LogP contribution in [0.4, 0.5) is 0 Å². The number of hydrogen-bond donors (Lipinski definition) is 1. The molecule has 0 radical (unpaired) electrons. The van der Waals surface area contributed by atoms with Crippen molar-refractivity contribution in [1.29, 1.82) is 0 Å². The highest BCUT2D eigenvalue weighted by molar-refractivity contribution is 5.76. The van der Waals surface area contributed by atoms with Crippen LogP contribution in [0.3, 0.4) is 0 Å². The van der Waals surface area contributed by atoms with E-state index in [1.807, 2.05) is 17.7 Å². The summed E-state index contributed by atoms with van der Waals surface area (Å²) in [4.78, 5) is 37.2. The lowest BCUT2D eigenvalue weighted by molar-refractivity contribution is -0.139. The standard InChI is InChI=1S/C17H23N5O3/c1-3-15-18-5-7-21(15)6-4-17(24)22-8-9-25-14(11-22)13-10-16(23)20-12(2)19-13/h5,7,10,14H,3-4,6,8-9,11H2,1-2H3,(H,19,20,23)/t14-/m1/s1. The number of rotatable bonds is 5. The van der Waals surface area contributed by atoms with Gasteiger partial charge in [-0.25, -0.2) is 9.97 Å². The number of amides is 1. The number of carbonyl (C=O) groups excluding carboxylic acids is 1. The molecule has 1 fully saturated rings. The quantitative estimate of drug-likeness (QED) is 0.866. The summed E-state index contributed by atoms with van der Waals surface area (Å²) in [5.74, 6) is 1.60. The second kappa shape index (κ2) is 7.60. The Morgan fingerprint density at radius 2 is 2.32 bits per heavy atom. The van der Waals surface area contributed by atoms with Crippen LogP contribution >= 0.6 is 0 Å². The highest BCUT2D eigenvalue weighted by atomic mass is 16.5. The van der Waals surface area contributed by atoms with Crippen molar-refractivity contribution in [3.8, 4) is 0 Å². The Morgan fingerprint density at radius 3 is 3.08 bits per heavy atom. The summed E-state index contributed by atoms with van der Waals surface area (Å²) in [6.45, 7) is 5.81. The fraction of sp³-hybridized carbons (Fsp3) is 0.529. The molecule has 0 saturated carbocycles. The smallest absolute Gasteiger partial charge is 0.251 e. The SMILES string of the molecule is CCc1nccn1CCC(=O)N1CCO[C@@H](c2cc(=O)[nH]c(C)n2)C1. The molecule has 1 aliphatic heterocycles. The maximum atomic E-state index is 12.6. The summed E-state index contributed by atoms with van der Waals surface area (Å²) in [5, 5.41) is 0. The predicted molar refractivity (Wildman–Crippen MR) is 91.1 cm³/mol. The highest BCUT2D eigenvalue weighted by Crippen LogP contribution is 2.20. The molecule has 0 aliphatic carbocycles. The van der Waals surface area contributed by atoms with E-state index in [2.05, 4.69) is 15.0 Å². The highest BCUT2D eigenvalue weighted by Gasteiger charge is 2.26. The number of ether oxygens (including phenoxy) is 1. The minimum atomic E-state index is -0.363. The van der Waals surface area contributed by atoms with Crippen molar-refractivity contribution in [2.75, 3.05) is 19.7 Å². The normalized spacial score (nSPS) is 17.7. The maximum absolute atomic E-state index is 12.6. The summed E-state index contributed by atoms with van der Waals surface area (Å²) in [6, 6.07) is 1.44. The van der Waals surface area contributed by atoms with Gasteiger partial charge in [0.25, 0.3) is 5.56 Å². The van der Waals surface area contributed by atoms with Crippen LogP contribution in [0.25, 0.3) is 0 Å². The van der Waals surface area contributed by atoms with Gasteiger partial charge in [-0.1, -0.05) is 6.92 Å². The van der Waals surface area contributed by atoms with Crippen LogP contribution in [-0.2, 0) is 22.5 Å². The van der Waals surface area contributed by atoms with Gasteiger partial charge in [0.15, 0.2) is 0 Å². The van der Waals surface area contributed by atoms with Crippen molar-refractivity contribution in [2.24, 2.45) is 0 Å². The molecule has 1 atom stereocenters. The van der Waals surface area contributed by atoms with Crippen LogP contribution in [-0.4, -0.2) is 50.0 Å². The first-order chi connectivity index (χ1) is 12.1. The minimum Gasteiger partial charge on any atom is -0.368 e. The molecule has 8 heteroatoms. The third-order valence-electron chi connectivity index (χ3n) is 4.31. The number of imidazole rings is 1. The van der Waals surface area contributed by atoms with E-state index in [0.717, 1.165) is 12.2 Å². The van der Waals surface area contributed by atoms with Gasteiger partial charge in [0, 0.05) is 44.4 Å². The van der Waals surface area contributed by atoms with Gasteiger partial charge in [-0.05, 0) is 6.92 Å². The zero-order valence-electron chi connectivity index (χ0n) is 14.6. The molecule has 0 spiro atoms. The molecule has 3 rings (SSSR count). The van der Waals surface area contributed by atoms with E-state index < -0.39 is 0 Å². The fourth-order valence-electron chi connectivity index (χ4n) is 3.05. The largest absolute Gasteiger partial charge is 0.368 e. The Morgan fingerprint density at radius 1 is 1.48 bits per heavy atom. The maximum Gasteiger partial charge on any atom is 0.251 e. The third-order valence-corrected chi connectivity index (χ3v) is 4.31. The number of aryl methyl sites for hydroxylation is 3. The zero-order chi connectivity index (χ0) is 17.8. The molecule has 1 N–H and O–H groups in total. The van der Waals surface area contributed by atoms with E-state index >= 15 is 0 Å². The first kappa shape index (κ1) is 17.3. The van der Waals surface area contributed by atoms with Gasteiger partial charge in [0.1, 0.15) is 17.8 Å². The molecular weight excluding hydrogens is 322 g/mol. The minimum absolute atomic E-state index is 0.0746. The number of hydrogen-bond acceptors (Lipinski definition) is 5. The topological polar surface area (TPSA) is 93.1 Å². The lowest BCUT2D eigenvalue weighted by Gasteiger charge is -2.32. The molecule has 8 nitrogen and oxygen atoms in total. The number of carbonyl (C=O) groups is 1. The molecule has 1 aliphatic rings. The molecule has 1 amide bonds. The van der Waals surface area contributed by atoms with Gasteiger partial charge in [-0.2, -0.15) is 0 Å². The van der Waals surface area contributed by atoms with Gasteiger partial charge in [0.05, 0.1) is 18.8 Å². The molecule has 25 heavy (non-hydrogen) atoms. The van der Waals surface area contributed by atoms with E-state index in [4.69, 9.17) is 4.74 Å². The average molecular weight is 345 g/mol. The average Bonchev–Trinajstić information content (AvgIpc) is 3.06. The third kappa shape index (κ3) is 4.14. The fourth-order valence-corrected chi connectivity index (χ4v) is 3.05. The van der Waals surface area contributed by atoms with Crippen molar-refractivity contribution < 1.29 is 9.53 Å². The van der Waals surface area contributed by atoms with Crippen molar-refractivity contribution in [3.63, 3.8) is 0 Å². The Hall–Kier alpha value is -2.48. The Balaban J connectivity index is 1.62. The van der Waals surface area contributed by atoms with Gasteiger partial charge < -0.3 is 19.2 Å². The van der Waals surface area contributed by atoms with Crippen LogP contribution < -0.4 is 5.56 Å². The predicted octanol–water partition coefficient (Wildman–Crippen LogP) is 0.827. The van der Waals surface area contributed by atoms with Crippen LogP contribution in [0.2, 0.25) is 0 Å². The molecule has 1 saturated heterocycles. The Bertz CT molecular complexity index is 798. The van der Waals surface area contributed by atoms with Crippen LogP contribution in [0.1, 0.15) is 36.8 Å². The Labute approximate surface area is 145 Å². The first-order valence-electron chi connectivity index (χ1n) is 8.54. The Kier molecular flexibility index (Phi) is 5.28. The van der Waals surface area contributed by atoms with Gasteiger partial charge in [-0.15, -0.1) is 0 Å². The van der Waals surface area contributed by atoms with E-state index in [1.165, 1.54) is 6.07 Å². The number of nitrogens with zero attached hydrogens (tertiary/aromatic N) is 4. The van der Waals surface area contributed by atoms with E-state index in [9.17, 15) is 9.59 Å². The van der Waals surface area contributed by atoms with Crippen molar-refractivity contribution in [2.45, 2.75) is 39.3 Å². The summed E-state index contributed by atoms with van der Waals surface area (Å²) in [7, 11) is 0. The molecule has 0 unspecified atom stereocenters. The lowest BCUT2D eigenvalue weighted by atomic mass is 10.2. The second-order valence-electron chi connectivity index (χ2n) is 6.10. The molecule has 0 aromatic carbocycles. The van der Waals surface area contributed by atoms with Crippen molar-refractivity contribution in [3.05, 3.63) is 46.2 Å². The molecule has 2 aromatic rings. The number of aromatic amines is 1. The molecular formula is C17H23N5O3. The van der Waals surface area contributed by atoms with Gasteiger partial charge in [-0.3, -0.25) is 9.59 Å². The number of nitrogens with one attached hydrogen (secondary N) is 1. The van der Waals surface area contributed by atoms with Gasteiger partial charge in [0.2, 0.25) is 5.91 Å². The van der Waals surface area contributed by atoms with Crippen LogP contribution in [0, 0.1) is 6.92 Å². The summed E-state index contributed by atoms with van der Waals surface area (Å²) in [6.07, 6.45) is 4.55. The molecule has 2 aromatic heterocycles. The lowest BCUT2D eigenvalue weighted by Crippen LogP contribution is -2.43. The molecule has 3 heterocycles. The van der Waals surface area contributed by atoms with Crippen LogP contribution in [0.15, 0.2) is 23.3 Å². The first-order valence-corrected chi connectivity index (χ1v) is 8.54. The zero-order valence-corrected chi connectivity index (χ0v) is 14.6. The van der Waals surface area contributed by atoms with E-state index in [1.54, 1.807) is 18.0 Å². The monoisotopic (exact) mass is 345 g/mol. The van der Waals surface area contributed by atoms with Crippen LogP contribution in [0.5, 0.6) is 0 Å². The number of H-pyrrole nitrogens is 1. The summed E-state index contributed by atoms with van der Waals surface area (Å²) >= 11 is 0. The number of aromatic nitrogens is 4. The van der Waals surface area contributed by atoms with E-state index in [-0.39, 0.29) is 17.6 Å². The molecule has 0 bridgehead atoms. The summed E-state index contributed by atoms with van der Waals surface area (Å²) < 4.78 is 7.73. The van der Waals surface area contributed by atoms with E-state index in [0.29, 0.717) is 44.2 Å². The van der Waals surface area contributed by atoms with Gasteiger partial charge >= 0.3 is 0 Å². The summed E-state index contributed by atoms with van der Waals surface area (Å²) in [5.41, 5.74) is 0.364. The second-order valence-corrected chi connectivity index (χ2v) is 6.10.